The molecule has 1 rings (SSSR count). The summed E-state index contributed by atoms with van der Waals surface area (Å²) in [5.41, 5.74) is 0. The molecule has 0 bridgehead atoms. The standard InChI is InChI=1S/C49H87O14P/c1-3-4-5-6-7-8-9-10-11-12-15-18-21-24-27-30-33-36-42(51)60-38-41(39-61-64(58,59)63-49-47(56)45(54)44(53)46(55)48(49)57)62-43(52)37-34-31-28-25-22-19-16-13-14-17-20-23-26-29-32-35-40(2)50/h14,16-17,19,23,25-26,28,40-41,44-50,53-57H,3-13,15,18,20-22,24,27,29-39H2,1-2H3,(H,58,59)/b17-14-,19-16-,26-23-,28-25-/t40-,41+,44?,45-,46+,47+,48+,49?/m0/s1. The highest BCUT2D eigenvalue weighted by Crippen LogP contribution is 2.47. The predicted molar refractivity (Wildman–Crippen MR) is 250 cm³/mol. The molecule has 1 aliphatic rings. The topological polar surface area (TPSA) is 230 Å². The van der Waals surface area contributed by atoms with Gasteiger partial charge in [-0.25, -0.2) is 4.57 Å². The van der Waals surface area contributed by atoms with Crippen molar-refractivity contribution in [2.75, 3.05) is 13.2 Å². The van der Waals surface area contributed by atoms with Gasteiger partial charge in [-0.2, -0.15) is 0 Å². The van der Waals surface area contributed by atoms with Crippen molar-refractivity contribution < 1.29 is 68.2 Å². The molecule has 0 aromatic rings. The van der Waals surface area contributed by atoms with Gasteiger partial charge in [-0.3, -0.25) is 18.6 Å². The molecule has 0 aliphatic heterocycles. The van der Waals surface area contributed by atoms with Crippen molar-refractivity contribution >= 4 is 19.8 Å². The Hall–Kier alpha value is -2.23. The van der Waals surface area contributed by atoms with Crippen molar-refractivity contribution in [1.82, 2.24) is 0 Å². The molecule has 0 spiro atoms. The number of esters is 2. The Morgan fingerprint density at radius 2 is 0.953 bits per heavy atom. The Morgan fingerprint density at radius 1 is 0.547 bits per heavy atom. The van der Waals surface area contributed by atoms with Gasteiger partial charge in [0.2, 0.25) is 0 Å². The maximum atomic E-state index is 12.8. The van der Waals surface area contributed by atoms with E-state index in [4.69, 9.17) is 18.5 Å². The molecule has 372 valence electrons. The van der Waals surface area contributed by atoms with E-state index in [-0.39, 0.29) is 18.9 Å². The van der Waals surface area contributed by atoms with E-state index in [0.29, 0.717) is 19.3 Å². The molecule has 7 N–H and O–H groups in total. The van der Waals surface area contributed by atoms with Gasteiger partial charge in [-0.1, -0.05) is 158 Å². The van der Waals surface area contributed by atoms with Crippen LogP contribution < -0.4 is 0 Å². The summed E-state index contributed by atoms with van der Waals surface area (Å²) in [6.45, 7) is 2.82. The maximum absolute atomic E-state index is 12.8. The maximum Gasteiger partial charge on any atom is 0.472 e. The number of hydrogen-bond donors (Lipinski definition) is 7. The lowest BCUT2D eigenvalue weighted by Crippen LogP contribution is -2.64. The smallest absolute Gasteiger partial charge is 0.462 e. The van der Waals surface area contributed by atoms with Crippen molar-refractivity contribution in [3.05, 3.63) is 48.6 Å². The van der Waals surface area contributed by atoms with Gasteiger partial charge in [0.1, 0.15) is 43.2 Å². The van der Waals surface area contributed by atoms with Crippen LogP contribution in [0.5, 0.6) is 0 Å². The number of phosphoric acid groups is 1. The van der Waals surface area contributed by atoms with E-state index in [0.717, 1.165) is 57.8 Å². The minimum Gasteiger partial charge on any atom is -0.462 e. The molecule has 0 radical (unpaired) electrons. The summed E-state index contributed by atoms with van der Waals surface area (Å²) in [4.78, 5) is 35.7. The van der Waals surface area contributed by atoms with Gasteiger partial charge in [0.15, 0.2) is 6.10 Å². The minimum absolute atomic E-state index is 0.00945. The first-order chi connectivity index (χ1) is 30.8. The number of hydrogen-bond acceptors (Lipinski definition) is 13. The van der Waals surface area contributed by atoms with Crippen LogP contribution in [0.15, 0.2) is 48.6 Å². The number of phosphoric ester groups is 1. The van der Waals surface area contributed by atoms with E-state index in [1.165, 1.54) is 83.5 Å². The molecule has 0 aromatic carbocycles. The van der Waals surface area contributed by atoms with E-state index < -0.39 is 75.7 Å². The first-order valence-corrected chi connectivity index (χ1v) is 26.0. The second-order valence-electron chi connectivity index (χ2n) is 17.3. The molecule has 1 fully saturated rings. The fourth-order valence-corrected chi connectivity index (χ4v) is 8.21. The summed E-state index contributed by atoms with van der Waals surface area (Å²) in [7, 11) is -5.14. The Morgan fingerprint density at radius 3 is 1.42 bits per heavy atom. The molecular formula is C49H87O14P. The van der Waals surface area contributed by atoms with Gasteiger partial charge in [0.25, 0.3) is 0 Å². The molecule has 64 heavy (non-hydrogen) atoms. The van der Waals surface area contributed by atoms with Crippen LogP contribution in [-0.4, -0.2) is 110 Å². The number of aliphatic hydroxyl groups is 6. The lowest BCUT2D eigenvalue weighted by Gasteiger charge is -2.41. The third-order valence-electron chi connectivity index (χ3n) is 11.2. The molecular weight excluding hydrogens is 843 g/mol. The third-order valence-corrected chi connectivity index (χ3v) is 12.2. The molecule has 1 aliphatic carbocycles. The van der Waals surface area contributed by atoms with Crippen LogP contribution in [0.2, 0.25) is 0 Å². The highest BCUT2D eigenvalue weighted by atomic mass is 31.2. The fraction of sp³-hybridized carbons (Fsp3) is 0.796. The van der Waals surface area contributed by atoms with Crippen molar-refractivity contribution in [2.45, 2.75) is 236 Å². The SMILES string of the molecule is CCCCCCCCCCCCCCCCCCCC(=O)OC[C@H](COP(=O)(O)OC1[C@H](O)[C@H](O)C(O)[C@H](O)[C@H]1O)OC(=O)CCC/C=C\C/C=C\C/C=C\C/C=C\CCC[C@H](C)O. The number of rotatable bonds is 40. The summed E-state index contributed by atoms with van der Waals surface area (Å²) in [6, 6.07) is 0. The molecule has 9 atom stereocenters. The Kier molecular flexibility index (Phi) is 36.3. The molecule has 1 saturated carbocycles. The zero-order valence-corrected chi connectivity index (χ0v) is 40.1. The summed E-state index contributed by atoms with van der Waals surface area (Å²) < 4.78 is 33.5. The summed E-state index contributed by atoms with van der Waals surface area (Å²) in [5.74, 6) is -1.18. The van der Waals surface area contributed by atoms with Crippen molar-refractivity contribution in [3.63, 3.8) is 0 Å². The first kappa shape index (κ1) is 59.8. The van der Waals surface area contributed by atoms with E-state index in [9.17, 15) is 49.7 Å². The van der Waals surface area contributed by atoms with Crippen molar-refractivity contribution in [3.8, 4) is 0 Å². The van der Waals surface area contributed by atoms with E-state index in [1.54, 1.807) is 6.92 Å². The van der Waals surface area contributed by atoms with E-state index >= 15 is 0 Å². The van der Waals surface area contributed by atoms with Gasteiger partial charge in [-0.15, -0.1) is 0 Å². The van der Waals surface area contributed by atoms with Crippen LogP contribution in [0.3, 0.4) is 0 Å². The second-order valence-corrected chi connectivity index (χ2v) is 18.7. The van der Waals surface area contributed by atoms with E-state index in [1.807, 2.05) is 12.2 Å². The third kappa shape index (κ3) is 31.6. The zero-order chi connectivity index (χ0) is 47.3. The molecule has 0 aromatic heterocycles. The summed E-state index contributed by atoms with van der Waals surface area (Å²) in [6.07, 6.45) is 30.1. The fourth-order valence-electron chi connectivity index (χ4n) is 7.24. The molecule has 3 unspecified atom stereocenters. The highest BCUT2D eigenvalue weighted by Gasteiger charge is 2.51. The quantitative estimate of drug-likeness (QED) is 0.0132. The number of carbonyl (C=O) groups excluding carboxylic acids is 2. The monoisotopic (exact) mass is 931 g/mol. The normalized spacial score (nSPS) is 22.5. The number of carbonyl (C=O) groups is 2. The molecule has 0 heterocycles. The average Bonchev–Trinajstić information content (AvgIpc) is 3.26. The minimum atomic E-state index is -5.14. The lowest BCUT2D eigenvalue weighted by molar-refractivity contribution is -0.220. The molecule has 15 heteroatoms. The summed E-state index contributed by atoms with van der Waals surface area (Å²) in [5, 5.41) is 59.5. The van der Waals surface area contributed by atoms with Crippen molar-refractivity contribution in [1.29, 1.82) is 0 Å². The zero-order valence-electron chi connectivity index (χ0n) is 39.2. The average molecular weight is 931 g/mol. The van der Waals surface area contributed by atoms with Crippen LogP contribution in [0, 0.1) is 0 Å². The lowest BCUT2D eigenvalue weighted by atomic mass is 9.85. The van der Waals surface area contributed by atoms with Crippen LogP contribution in [0.4, 0.5) is 0 Å². The van der Waals surface area contributed by atoms with E-state index in [2.05, 4.69) is 43.4 Å². The van der Waals surface area contributed by atoms with Crippen LogP contribution >= 0.6 is 7.82 Å². The Balaban J connectivity index is 2.47. The highest BCUT2D eigenvalue weighted by molar-refractivity contribution is 7.47. The van der Waals surface area contributed by atoms with Crippen LogP contribution in [-0.2, 0) is 32.7 Å². The van der Waals surface area contributed by atoms with Crippen LogP contribution in [0.25, 0.3) is 0 Å². The summed E-state index contributed by atoms with van der Waals surface area (Å²) >= 11 is 0. The van der Waals surface area contributed by atoms with Gasteiger partial charge >= 0.3 is 19.8 Å². The van der Waals surface area contributed by atoms with Crippen LogP contribution in [0.1, 0.15) is 187 Å². The van der Waals surface area contributed by atoms with Gasteiger partial charge in [0.05, 0.1) is 12.7 Å². The van der Waals surface area contributed by atoms with Crippen molar-refractivity contribution in [2.24, 2.45) is 0 Å². The first-order valence-electron chi connectivity index (χ1n) is 24.5. The second kappa shape index (κ2) is 38.8. The number of aliphatic hydroxyl groups excluding tert-OH is 6. The predicted octanol–water partition coefficient (Wildman–Crippen LogP) is 8.92. The Labute approximate surface area is 384 Å². The number of unbranched alkanes of at least 4 members (excludes halogenated alkanes) is 18. The number of allylic oxidation sites excluding steroid dienone is 8. The Bertz CT molecular complexity index is 1320. The van der Waals surface area contributed by atoms with Gasteiger partial charge in [0, 0.05) is 12.8 Å². The number of ether oxygens (including phenoxy) is 2. The molecule has 0 amide bonds. The molecule has 0 saturated heterocycles. The van der Waals surface area contributed by atoms with Gasteiger partial charge < -0.3 is 45.0 Å². The largest absolute Gasteiger partial charge is 0.472 e. The van der Waals surface area contributed by atoms with Gasteiger partial charge in [-0.05, 0) is 64.7 Å². The molecule has 14 nitrogen and oxygen atoms in total.